The molecule has 4 heterocycles. The molecule has 2 N–H and O–H groups in total. The van der Waals surface area contributed by atoms with Crippen LogP contribution in [0.25, 0.3) is 11.4 Å². The maximum absolute atomic E-state index is 15.4. The van der Waals surface area contributed by atoms with E-state index < -0.39 is 16.7 Å². The van der Waals surface area contributed by atoms with Crippen molar-refractivity contribution in [3.63, 3.8) is 0 Å². The quantitative estimate of drug-likeness (QED) is 0.553. The van der Waals surface area contributed by atoms with Gasteiger partial charge in [-0.2, -0.15) is 4.98 Å². The molecular formula is C27H34FN5O2. The highest BCUT2D eigenvalue weighted by molar-refractivity contribution is 5.56. The number of alkyl halides is 1. The molecule has 0 saturated carbocycles. The SMILES string of the molecule is CC(C)c1ccc([C@](O)(c2cncc(-c3noc(C4(F)CCNCC4)n3)c2)C2(C)CN(C)C2)cc1. The molecule has 0 spiro atoms. The minimum atomic E-state index is -1.62. The van der Waals surface area contributed by atoms with Crippen molar-refractivity contribution in [1.82, 2.24) is 25.3 Å². The molecule has 2 aliphatic rings. The van der Waals surface area contributed by atoms with Gasteiger partial charge in [0.15, 0.2) is 5.67 Å². The zero-order valence-corrected chi connectivity index (χ0v) is 20.9. The summed E-state index contributed by atoms with van der Waals surface area (Å²) in [6, 6.07) is 10.1. The lowest BCUT2D eigenvalue weighted by Gasteiger charge is -2.55. The van der Waals surface area contributed by atoms with Crippen LogP contribution in [0.3, 0.4) is 0 Å². The summed E-state index contributed by atoms with van der Waals surface area (Å²) in [6.07, 6.45) is 3.92. The van der Waals surface area contributed by atoms with Gasteiger partial charge in [-0.1, -0.05) is 50.2 Å². The van der Waals surface area contributed by atoms with Gasteiger partial charge in [-0.25, -0.2) is 4.39 Å². The lowest BCUT2D eigenvalue weighted by Crippen LogP contribution is -2.63. The third kappa shape index (κ3) is 4.07. The van der Waals surface area contributed by atoms with Crippen molar-refractivity contribution in [3.05, 3.63) is 65.3 Å². The molecule has 8 heteroatoms. The molecule has 7 nitrogen and oxygen atoms in total. The van der Waals surface area contributed by atoms with Gasteiger partial charge < -0.3 is 19.8 Å². The number of hydrogen-bond donors (Lipinski definition) is 2. The Morgan fingerprint density at radius 1 is 1.11 bits per heavy atom. The number of hydrogen-bond acceptors (Lipinski definition) is 7. The molecule has 2 aromatic heterocycles. The zero-order chi connectivity index (χ0) is 24.8. The highest BCUT2D eigenvalue weighted by Crippen LogP contribution is 2.50. The molecule has 2 fully saturated rings. The van der Waals surface area contributed by atoms with Crippen molar-refractivity contribution >= 4 is 0 Å². The Morgan fingerprint density at radius 2 is 1.80 bits per heavy atom. The Bertz CT molecular complexity index is 1180. The van der Waals surface area contributed by atoms with Gasteiger partial charge in [0.25, 0.3) is 5.89 Å². The first-order valence-electron chi connectivity index (χ1n) is 12.4. The molecular weight excluding hydrogens is 445 g/mol. The lowest BCUT2D eigenvalue weighted by atomic mass is 9.62. The van der Waals surface area contributed by atoms with Crippen molar-refractivity contribution < 1.29 is 14.0 Å². The summed E-state index contributed by atoms with van der Waals surface area (Å²) in [6.45, 7) is 9.03. The zero-order valence-electron chi connectivity index (χ0n) is 20.9. The molecule has 2 aliphatic heterocycles. The summed E-state index contributed by atoms with van der Waals surface area (Å²) >= 11 is 0. The molecule has 35 heavy (non-hydrogen) atoms. The summed E-state index contributed by atoms with van der Waals surface area (Å²) in [4.78, 5) is 11.0. The molecule has 5 rings (SSSR count). The smallest absolute Gasteiger partial charge is 0.264 e. The lowest BCUT2D eigenvalue weighted by molar-refractivity contribution is -0.127. The van der Waals surface area contributed by atoms with E-state index in [2.05, 4.69) is 58.2 Å². The Kier molecular flexibility index (Phi) is 6.02. The third-order valence-electron chi connectivity index (χ3n) is 7.73. The van der Waals surface area contributed by atoms with Crippen molar-refractivity contribution in [2.45, 2.75) is 50.8 Å². The second-order valence-electron chi connectivity index (χ2n) is 10.8. The van der Waals surface area contributed by atoms with Crippen molar-refractivity contribution in [2.24, 2.45) is 5.41 Å². The number of likely N-dealkylation sites (tertiary alicyclic amines) is 1. The highest BCUT2D eigenvalue weighted by atomic mass is 19.1. The third-order valence-corrected chi connectivity index (χ3v) is 7.73. The normalized spacial score (nSPS) is 21.5. The second-order valence-corrected chi connectivity index (χ2v) is 10.8. The number of piperidine rings is 1. The molecule has 3 aromatic rings. The van der Waals surface area contributed by atoms with E-state index in [0.29, 0.717) is 43.0 Å². The van der Waals surface area contributed by atoms with E-state index in [1.165, 1.54) is 5.56 Å². The van der Waals surface area contributed by atoms with E-state index in [9.17, 15) is 5.11 Å². The number of benzene rings is 1. The van der Waals surface area contributed by atoms with Crippen LogP contribution in [0.1, 0.15) is 62.1 Å². The van der Waals surface area contributed by atoms with Gasteiger partial charge in [0.05, 0.1) is 0 Å². The Balaban J connectivity index is 1.54. The van der Waals surface area contributed by atoms with Crippen molar-refractivity contribution in [1.29, 1.82) is 0 Å². The molecule has 0 bridgehead atoms. The van der Waals surface area contributed by atoms with E-state index in [-0.39, 0.29) is 11.7 Å². The average molecular weight is 480 g/mol. The molecule has 1 atom stereocenters. The predicted molar refractivity (Wildman–Crippen MR) is 132 cm³/mol. The first-order chi connectivity index (χ1) is 16.6. The molecule has 0 aliphatic carbocycles. The Labute approximate surface area is 205 Å². The van der Waals surface area contributed by atoms with Crippen molar-refractivity contribution in [2.75, 3.05) is 33.2 Å². The number of nitrogens with zero attached hydrogens (tertiary/aromatic N) is 4. The maximum atomic E-state index is 15.4. The van der Waals surface area contributed by atoms with Crippen LogP contribution in [-0.4, -0.2) is 58.4 Å². The highest BCUT2D eigenvalue weighted by Gasteiger charge is 2.55. The fourth-order valence-corrected chi connectivity index (χ4v) is 5.67. The summed E-state index contributed by atoms with van der Waals surface area (Å²) in [5, 5.41) is 19.6. The van der Waals surface area contributed by atoms with Crippen molar-refractivity contribution in [3.8, 4) is 11.4 Å². The van der Waals surface area contributed by atoms with Crippen LogP contribution in [-0.2, 0) is 11.3 Å². The Morgan fingerprint density at radius 3 is 2.43 bits per heavy atom. The minimum absolute atomic E-state index is 0.00604. The second kappa shape index (κ2) is 8.76. The maximum Gasteiger partial charge on any atom is 0.264 e. The van der Waals surface area contributed by atoms with E-state index >= 15 is 4.39 Å². The Hall–Kier alpha value is -2.68. The van der Waals surface area contributed by atoms with Gasteiger partial charge in [0.2, 0.25) is 5.82 Å². The van der Waals surface area contributed by atoms with Crippen LogP contribution < -0.4 is 5.32 Å². The van der Waals surface area contributed by atoms with Crippen LogP contribution in [0.2, 0.25) is 0 Å². The van der Waals surface area contributed by atoms with Gasteiger partial charge >= 0.3 is 0 Å². The fraction of sp³-hybridized carbons (Fsp3) is 0.519. The van der Waals surface area contributed by atoms with Gasteiger partial charge in [0, 0.05) is 54.9 Å². The van der Waals surface area contributed by atoms with Gasteiger partial charge in [-0.05, 0) is 43.2 Å². The van der Waals surface area contributed by atoms with E-state index in [0.717, 1.165) is 18.7 Å². The fourth-order valence-electron chi connectivity index (χ4n) is 5.67. The van der Waals surface area contributed by atoms with E-state index in [1.54, 1.807) is 12.4 Å². The number of rotatable bonds is 6. The summed E-state index contributed by atoms with van der Waals surface area (Å²) in [5.41, 5.74) is -0.0265. The first kappa shape index (κ1) is 24.0. The molecule has 0 radical (unpaired) electrons. The van der Waals surface area contributed by atoms with Crippen LogP contribution in [0.15, 0.2) is 47.2 Å². The van der Waals surface area contributed by atoms with E-state index in [1.807, 2.05) is 25.2 Å². The molecule has 186 valence electrons. The topological polar surface area (TPSA) is 87.3 Å². The number of aliphatic hydroxyl groups is 1. The monoisotopic (exact) mass is 479 g/mol. The summed E-state index contributed by atoms with van der Waals surface area (Å²) < 4.78 is 20.7. The summed E-state index contributed by atoms with van der Waals surface area (Å²) in [5.74, 6) is 0.684. The van der Waals surface area contributed by atoms with Crippen LogP contribution in [0, 0.1) is 5.41 Å². The van der Waals surface area contributed by atoms with Gasteiger partial charge in [-0.3, -0.25) is 4.98 Å². The first-order valence-corrected chi connectivity index (χ1v) is 12.4. The molecule has 0 unspecified atom stereocenters. The number of aromatic nitrogens is 3. The summed E-state index contributed by atoms with van der Waals surface area (Å²) in [7, 11) is 2.05. The molecule has 2 saturated heterocycles. The van der Waals surface area contributed by atoms with Gasteiger partial charge in [-0.15, -0.1) is 0 Å². The molecule has 0 amide bonds. The van der Waals surface area contributed by atoms with Crippen LogP contribution in [0.5, 0.6) is 0 Å². The standard InChI is InChI=1S/C27H34FN5O2/c1-18(2)19-5-7-21(8-6-19)27(34,25(3)16-33(4)17-25)22-13-20(14-30-15-22)23-31-24(35-32-23)26(28)9-11-29-12-10-26/h5-8,13-15,18,29,34H,9-12,16-17H2,1-4H3/t27-/m0/s1. The number of pyridine rings is 1. The number of nitrogens with one attached hydrogen (secondary N) is 1. The van der Waals surface area contributed by atoms with E-state index in [4.69, 9.17) is 4.52 Å². The van der Waals surface area contributed by atoms with Gasteiger partial charge in [0.1, 0.15) is 5.60 Å². The average Bonchev–Trinajstić information content (AvgIpc) is 3.35. The minimum Gasteiger partial charge on any atom is -0.380 e. The molecule has 1 aromatic carbocycles. The van der Waals surface area contributed by atoms with Crippen LogP contribution >= 0.6 is 0 Å². The largest absolute Gasteiger partial charge is 0.380 e. The predicted octanol–water partition coefficient (Wildman–Crippen LogP) is 3.99. The number of halogens is 1. The van der Waals surface area contributed by atoms with Crippen LogP contribution in [0.4, 0.5) is 4.39 Å².